The van der Waals surface area contributed by atoms with Gasteiger partial charge in [0.05, 0.1) is 10.0 Å². The molecule has 3 rings (SSSR count). The molecule has 0 spiro atoms. The molecule has 24 heavy (non-hydrogen) atoms. The maximum atomic E-state index is 13.6. The third-order valence-electron chi connectivity index (χ3n) is 3.25. The van der Waals surface area contributed by atoms with Gasteiger partial charge in [0.15, 0.2) is 0 Å². The zero-order valence-electron chi connectivity index (χ0n) is 12.4. The Morgan fingerprint density at radius 3 is 2.62 bits per heavy atom. The number of hydrogen-bond acceptors (Lipinski definition) is 4. The van der Waals surface area contributed by atoms with Crippen molar-refractivity contribution in [3.8, 4) is 0 Å². The summed E-state index contributed by atoms with van der Waals surface area (Å²) in [5.41, 5.74) is 1.28. The van der Waals surface area contributed by atoms with Gasteiger partial charge in [0.2, 0.25) is 5.95 Å². The Balaban J connectivity index is 1.69. The first-order chi connectivity index (χ1) is 11.6. The second-order valence-corrected chi connectivity index (χ2v) is 5.78. The summed E-state index contributed by atoms with van der Waals surface area (Å²) in [6.07, 6.45) is 1.61. The predicted molar refractivity (Wildman–Crippen MR) is 95.5 cm³/mol. The van der Waals surface area contributed by atoms with Crippen LogP contribution in [0.5, 0.6) is 0 Å². The van der Waals surface area contributed by atoms with E-state index in [1.54, 1.807) is 48.7 Å². The van der Waals surface area contributed by atoms with Gasteiger partial charge in [-0.05, 0) is 30.3 Å². The van der Waals surface area contributed by atoms with Crippen LogP contribution in [-0.4, -0.2) is 9.97 Å². The van der Waals surface area contributed by atoms with Crippen molar-refractivity contribution in [2.45, 2.75) is 6.54 Å². The fourth-order valence-corrected chi connectivity index (χ4v) is 2.35. The monoisotopic (exact) mass is 362 g/mol. The van der Waals surface area contributed by atoms with Gasteiger partial charge in [-0.2, -0.15) is 4.98 Å². The Morgan fingerprint density at radius 1 is 1.00 bits per heavy atom. The number of rotatable bonds is 5. The van der Waals surface area contributed by atoms with Crippen molar-refractivity contribution < 1.29 is 4.39 Å². The van der Waals surface area contributed by atoms with Crippen molar-refractivity contribution in [3.05, 3.63) is 76.2 Å². The Bertz CT molecular complexity index is 857. The van der Waals surface area contributed by atoms with E-state index in [0.29, 0.717) is 33.9 Å². The van der Waals surface area contributed by atoms with Crippen LogP contribution in [-0.2, 0) is 6.54 Å². The standard InChI is InChI=1S/C17H13Cl2FN4/c18-13-6-5-12(9-14(13)19)23-17-21-8-7-16(24-17)22-10-11-3-1-2-4-15(11)20/h1-9H,10H2,(H2,21,22,23,24). The molecule has 0 aliphatic carbocycles. The molecule has 0 saturated heterocycles. The van der Waals surface area contributed by atoms with Crippen molar-refractivity contribution in [1.82, 2.24) is 9.97 Å². The molecule has 0 unspecified atom stereocenters. The van der Waals surface area contributed by atoms with E-state index in [4.69, 9.17) is 23.2 Å². The zero-order chi connectivity index (χ0) is 16.9. The fourth-order valence-electron chi connectivity index (χ4n) is 2.05. The van der Waals surface area contributed by atoms with Crippen LogP contribution < -0.4 is 10.6 Å². The highest BCUT2D eigenvalue weighted by Crippen LogP contribution is 2.26. The summed E-state index contributed by atoms with van der Waals surface area (Å²) in [6, 6.07) is 13.4. The van der Waals surface area contributed by atoms with Gasteiger partial charge in [-0.25, -0.2) is 9.37 Å². The van der Waals surface area contributed by atoms with E-state index >= 15 is 0 Å². The van der Waals surface area contributed by atoms with Crippen LogP contribution in [0.2, 0.25) is 10.0 Å². The molecule has 2 aromatic carbocycles. The Kier molecular flexibility index (Phi) is 5.13. The molecule has 122 valence electrons. The van der Waals surface area contributed by atoms with Crippen LogP contribution in [0.4, 0.5) is 21.8 Å². The molecule has 0 bridgehead atoms. The first-order valence-corrected chi connectivity index (χ1v) is 7.90. The lowest BCUT2D eigenvalue weighted by Gasteiger charge is -2.09. The van der Waals surface area contributed by atoms with Gasteiger partial charge in [-0.1, -0.05) is 41.4 Å². The number of anilines is 3. The van der Waals surface area contributed by atoms with Gasteiger partial charge in [0.25, 0.3) is 0 Å². The molecule has 0 aliphatic rings. The maximum Gasteiger partial charge on any atom is 0.229 e. The number of hydrogen-bond donors (Lipinski definition) is 2. The average molecular weight is 363 g/mol. The summed E-state index contributed by atoms with van der Waals surface area (Å²) in [6.45, 7) is 0.329. The van der Waals surface area contributed by atoms with Crippen LogP contribution >= 0.6 is 23.2 Å². The van der Waals surface area contributed by atoms with Crippen molar-refractivity contribution in [3.63, 3.8) is 0 Å². The molecule has 0 aliphatic heterocycles. The Morgan fingerprint density at radius 2 is 1.83 bits per heavy atom. The molecule has 0 atom stereocenters. The fraction of sp³-hybridized carbons (Fsp3) is 0.0588. The summed E-state index contributed by atoms with van der Waals surface area (Å²) >= 11 is 11.9. The summed E-state index contributed by atoms with van der Waals surface area (Å²) in [7, 11) is 0. The molecule has 3 aromatic rings. The minimum Gasteiger partial charge on any atom is -0.366 e. The molecular weight excluding hydrogens is 350 g/mol. The van der Waals surface area contributed by atoms with Gasteiger partial charge in [-0.15, -0.1) is 0 Å². The van der Waals surface area contributed by atoms with Gasteiger partial charge in [0, 0.05) is 24.0 Å². The molecule has 1 heterocycles. The largest absolute Gasteiger partial charge is 0.366 e. The highest BCUT2D eigenvalue weighted by molar-refractivity contribution is 6.42. The van der Waals surface area contributed by atoms with E-state index in [0.717, 1.165) is 5.69 Å². The van der Waals surface area contributed by atoms with E-state index < -0.39 is 0 Å². The number of benzene rings is 2. The SMILES string of the molecule is Fc1ccccc1CNc1ccnc(Nc2ccc(Cl)c(Cl)c2)n1. The van der Waals surface area contributed by atoms with Crippen LogP contribution in [0, 0.1) is 5.82 Å². The molecule has 0 fully saturated rings. The number of halogens is 3. The number of nitrogens with one attached hydrogen (secondary N) is 2. The third kappa shape index (κ3) is 4.13. The van der Waals surface area contributed by atoms with Crippen LogP contribution in [0.1, 0.15) is 5.56 Å². The van der Waals surface area contributed by atoms with Gasteiger partial charge < -0.3 is 10.6 Å². The molecule has 2 N–H and O–H groups in total. The highest BCUT2D eigenvalue weighted by Gasteiger charge is 2.04. The van der Waals surface area contributed by atoms with Crippen molar-refractivity contribution >= 4 is 40.7 Å². The van der Waals surface area contributed by atoms with Crippen LogP contribution in [0.25, 0.3) is 0 Å². The van der Waals surface area contributed by atoms with E-state index in [9.17, 15) is 4.39 Å². The minimum atomic E-state index is -0.256. The second kappa shape index (κ2) is 7.47. The first kappa shape index (κ1) is 16.5. The molecule has 0 saturated carbocycles. The Labute approximate surface area is 148 Å². The summed E-state index contributed by atoms with van der Waals surface area (Å²) in [5, 5.41) is 7.03. The number of nitrogens with zero attached hydrogens (tertiary/aromatic N) is 2. The lowest BCUT2D eigenvalue weighted by atomic mass is 10.2. The van der Waals surface area contributed by atoms with Crippen molar-refractivity contribution in [2.75, 3.05) is 10.6 Å². The molecular formula is C17H13Cl2FN4. The quantitative estimate of drug-likeness (QED) is 0.648. The van der Waals surface area contributed by atoms with E-state index in [1.807, 2.05) is 0 Å². The lowest BCUT2D eigenvalue weighted by Crippen LogP contribution is -2.05. The molecule has 0 amide bonds. The Hall–Kier alpha value is -2.37. The molecule has 4 nitrogen and oxygen atoms in total. The van der Waals surface area contributed by atoms with Crippen LogP contribution in [0.3, 0.4) is 0 Å². The molecule has 0 radical (unpaired) electrons. The maximum absolute atomic E-state index is 13.6. The predicted octanol–water partition coefficient (Wildman–Crippen LogP) is 5.28. The van der Waals surface area contributed by atoms with E-state index in [2.05, 4.69) is 20.6 Å². The summed E-state index contributed by atoms with van der Waals surface area (Å²) in [5.74, 6) is 0.718. The smallest absolute Gasteiger partial charge is 0.229 e. The van der Waals surface area contributed by atoms with E-state index in [1.165, 1.54) is 6.07 Å². The lowest BCUT2D eigenvalue weighted by molar-refractivity contribution is 0.613. The van der Waals surface area contributed by atoms with Crippen molar-refractivity contribution in [2.24, 2.45) is 0 Å². The first-order valence-electron chi connectivity index (χ1n) is 7.14. The van der Waals surface area contributed by atoms with Crippen LogP contribution in [0.15, 0.2) is 54.7 Å². The minimum absolute atomic E-state index is 0.256. The molecule has 7 heteroatoms. The summed E-state index contributed by atoms with van der Waals surface area (Å²) in [4.78, 5) is 8.48. The van der Waals surface area contributed by atoms with Gasteiger partial charge in [0.1, 0.15) is 11.6 Å². The summed E-state index contributed by atoms with van der Waals surface area (Å²) < 4.78 is 13.6. The van der Waals surface area contributed by atoms with Gasteiger partial charge >= 0.3 is 0 Å². The normalized spacial score (nSPS) is 10.5. The zero-order valence-corrected chi connectivity index (χ0v) is 13.9. The third-order valence-corrected chi connectivity index (χ3v) is 3.99. The topological polar surface area (TPSA) is 49.8 Å². The number of aromatic nitrogens is 2. The second-order valence-electron chi connectivity index (χ2n) is 4.96. The van der Waals surface area contributed by atoms with Crippen molar-refractivity contribution in [1.29, 1.82) is 0 Å². The highest BCUT2D eigenvalue weighted by atomic mass is 35.5. The van der Waals surface area contributed by atoms with E-state index in [-0.39, 0.29) is 5.82 Å². The molecule has 1 aromatic heterocycles. The average Bonchev–Trinajstić information content (AvgIpc) is 2.58. The van der Waals surface area contributed by atoms with Gasteiger partial charge in [-0.3, -0.25) is 0 Å².